The van der Waals surface area contributed by atoms with Crippen molar-refractivity contribution < 1.29 is 9.59 Å². The van der Waals surface area contributed by atoms with Gasteiger partial charge in [0, 0.05) is 31.5 Å². The van der Waals surface area contributed by atoms with Crippen LogP contribution in [0.1, 0.15) is 47.2 Å². The number of likely N-dealkylation sites (tertiary alicyclic amines) is 1. The minimum atomic E-state index is 0.0741. The summed E-state index contributed by atoms with van der Waals surface area (Å²) >= 11 is 0. The van der Waals surface area contributed by atoms with Crippen LogP contribution >= 0.6 is 0 Å². The molecule has 0 aromatic heterocycles. The lowest BCUT2D eigenvalue weighted by Crippen LogP contribution is -2.27. The van der Waals surface area contributed by atoms with E-state index in [9.17, 15) is 9.59 Å². The first-order valence-electron chi connectivity index (χ1n) is 6.96. The van der Waals surface area contributed by atoms with Gasteiger partial charge >= 0.3 is 0 Å². The van der Waals surface area contributed by atoms with E-state index in [2.05, 4.69) is 0 Å². The summed E-state index contributed by atoms with van der Waals surface area (Å²) in [5, 5.41) is 0. The van der Waals surface area contributed by atoms with E-state index in [0.717, 1.165) is 42.6 Å². The fourth-order valence-corrected chi connectivity index (χ4v) is 2.61. The lowest BCUT2D eigenvalue weighted by atomic mass is 9.99. The van der Waals surface area contributed by atoms with Crippen LogP contribution in [0.25, 0.3) is 0 Å². The third-order valence-electron chi connectivity index (χ3n) is 3.71. The predicted octanol–water partition coefficient (Wildman–Crippen LogP) is 2.89. The van der Waals surface area contributed by atoms with Crippen LogP contribution < -0.4 is 0 Å². The molecule has 0 saturated carbocycles. The average molecular weight is 259 g/mol. The van der Waals surface area contributed by atoms with Crippen molar-refractivity contribution in [2.45, 2.75) is 39.5 Å². The van der Waals surface area contributed by atoms with Crippen LogP contribution in [0.5, 0.6) is 0 Å². The van der Waals surface area contributed by atoms with Gasteiger partial charge in [0.1, 0.15) is 0 Å². The Morgan fingerprint density at radius 3 is 2.42 bits per heavy atom. The smallest absolute Gasteiger partial charge is 0.223 e. The summed E-state index contributed by atoms with van der Waals surface area (Å²) in [6.07, 6.45) is 2.85. The molecule has 1 aliphatic rings. The maximum absolute atomic E-state index is 12.1. The molecule has 1 aromatic carbocycles. The Balaban J connectivity index is 1.92. The van der Waals surface area contributed by atoms with Gasteiger partial charge in [-0.15, -0.1) is 0 Å². The van der Waals surface area contributed by atoms with Crippen LogP contribution in [0, 0.1) is 13.8 Å². The Morgan fingerprint density at radius 2 is 1.79 bits per heavy atom. The second-order valence-electron chi connectivity index (χ2n) is 5.33. The van der Waals surface area contributed by atoms with E-state index in [1.54, 1.807) is 0 Å². The zero-order chi connectivity index (χ0) is 13.8. The number of nitrogens with zero attached hydrogens (tertiary/aromatic N) is 1. The van der Waals surface area contributed by atoms with Gasteiger partial charge in [-0.2, -0.15) is 0 Å². The number of rotatable bonds is 4. The summed E-state index contributed by atoms with van der Waals surface area (Å²) in [4.78, 5) is 25.9. The van der Waals surface area contributed by atoms with Crippen LogP contribution in [0.3, 0.4) is 0 Å². The van der Waals surface area contributed by atoms with Crippen molar-refractivity contribution in [2.24, 2.45) is 0 Å². The molecule has 2 rings (SSSR count). The van der Waals surface area contributed by atoms with E-state index < -0.39 is 0 Å². The summed E-state index contributed by atoms with van der Waals surface area (Å²) in [5.41, 5.74) is 2.90. The summed E-state index contributed by atoms with van der Waals surface area (Å²) in [6.45, 7) is 5.67. The van der Waals surface area contributed by atoms with Gasteiger partial charge < -0.3 is 4.90 Å². The first kappa shape index (κ1) is 13.8. The molecule has 0 atom stereocenters. The summed E-state index contributed by atoms with van der Waals surface area (Å²) in [6, 6.07) is 5.82. The zero-order valence-electron chi connectivity index (χ0n) is 11.7. The van der Waals surface area contributed by atoms with Gasteiger partial charge in [-0.05, 0) is 32.3 Å². The molecule has 19 heavy (non-hydrogen) atoms. The van der Waals surface area contributed by atoms with Gasteiger partial charge in [0.15, 0.2) is 5.78 Å². The summed E-state index contributed by atoms with van der Waals surface area (Å²) in [5.74, 6) is 0.195. The average Bonchev–Trinajstić information content (AvgIpc) is 2.89. The van der Waals surface area contributed by atoms with E-state index in [4.69, 9.17) is 0 Å². The number of ketones is 1. The summed E-state index contributed by atoms with van der Waals surface area (Å²) in [7, 11) is 0. The highest BCUT2D eigenvalue weighted by molar-refractivity contribution is 5.99. The Hall–Kier alpha value is -1.64. The van der Waals surface area contributed by atoms with Gasteiger partial charge in [-0.25, -0.2) is 0 Å². The second kappa shape index (κ2) is 6.00. The van der Waals surface area contributed by atoms with Crippen LogP contribution in [0.15, 0.2) is 18.2 Å². The molecule has 3 nitrogen and oxygen atoms in total. The Bertz CT molecular complexity index is 488. The monoisotopic (exact) mass is 259 g/mol. The molecule has 1 heterocycles. The molecule has 1 aromatic rings. The SMILES string of the molecule is Cc1ccc(C(=O)CCC(=O)N2CCCC2)c(C)c1. The number of carbonyl (C=O) groups is 2. The Labute approximate surface area is 114 Å². The molecular weight excluding hydrogens is 238 g/mol. The quantitative estimate of drug-likeness (QED) is 0.780. The molecule has 1 saturated heterocycles. The molecule has 1 fully saturated rings. The lowest BCUT2D eigenvalue weighted by Gasteiger charge is -2.14. The predicted molar refractivity (Wildman–Crippen MR) is 75.3 cm³/mol. The zero-order valence-corrected chi connectivity index (χ0v) is 11.7. The van der Waals surface area contributed by atoms with Crippen LogP contribution in [0.4, 0.5) is 0 Å². The third-order valence-corrected chi connectivity index (χ3v) is 3.71. The van der Waals surface area contributed by atoms with E-state index >= 15 is 0 Å². The number of hydrogen-bond donors (Lipinski definition) is 0. The molecule has 1 aliphatic heterocycles. The van der Waals surface area contributed by atoms with Gasteiger partial charge in [0.2, 0.25) is 5.91 Å². The molecular formula is C16H21NO2. The molecule has 0 spiro atoms. The maximum atomic E-state index is 12.1. The Morgan fingerprint density at radius 1 is 1.11 bits per heavy atom. The second-order valence-corrected chi connectivity index (χ2v) is 5.33. The van der Waals surface area contributed by atoms with Crippen LogP contribution in [-0.2, 0) is 4.79 Å². The van der Waals surface area contributed by atoms with Gasteiger partial charge in [0.05, 0.1) is 0 Å². The molecule has 0 bridgehead atoms. The van der Waals surface area contributed by atoms with Crippen molar-refractivity contribution in [3.63, 3.8) is 0 Å². The highest BCUT2D eigenvalue weighted by atomic mass is 16.2. The van der Waals surface area contributed by atoms with Crippen molar-refractivity contribution in [3.8, 4) is 0 Å². The van der Waals surface area contributed by atoms with Gasteiger partial charge in [0.25, 0.3) is 0 Å². The number of aryl methyl sites for hydroxylation is 2. The Kier molecular flexibility index (Phi) is 4.35. The van der Waals surface area contributed by atoms with Crippen molar-refractivity contribution in [2.75, 3.05) is 13.1 Å². The lowest BCUT2D eigenvalue weighted by molar-refractivity contribution is -0.130. The highest BCUT2D eigenvalue weighted by Crippen LogP contribution is 2.15. The standard InChI is InChI=1S/C16H21NO2/c1-12-5-6-14(13(2)11-12)15(18)7-8-16(19)17-9-3-4-10-17/h5-6,11H,3-4,7-10H2,1-2H3. The van der Waals surface area contributed by atoms with E-state index in [1.807, 2.05) is 36.9 Å². The normalized spacial score (nSPS) is 14.7. The van der Waals surface area contributed by atoms with Crippen molar-refractivity contribution in [1.82, 2.24) is 4.90 Å². The first-order chi connectivity index (χ1) is 9.08. The van der Waals surface area contributed by atoms with Gasteiger partial charge in [-0.3, -0.25) is 9.59 Å². The molecule has 0 unspecified atom stereocenters. The van der Waals surface area contributed by atoms with Crippen LogP contribution in [-0.4, -0.2) is 29.7 Å². The van der Waals surface area contributed by atoms with E-state index in [0.29, 0.717) is 12.8 Å². The number of Topliss-reactive ketones (excluding diaryl/α,β-unsaturated/α-hetero) is 1. The number of hydrogen-bond acceptors (Lipinski definition) is 2. The topological polar surface area (TPSA) is 37.4 Å². The minimum Gasteiger partial charge on any atom is -0.343 e. The number of amides is 1. The number of benzene rings is 1. The van der Waals surface area contributed by atoms with Crippen molar-refractivity contribution >= 4 is 11.7 Å². The molecule has 1 amide bonds. The van der Waals surface area contributed by atoms with Crippen molar-refractivity contribution in [3.05, 3.63) is 34.9 Å². The van der Waals surface area contributed by atoms with Crippen molar-refractivity contribution in [1.29, 1.82) is 0 Å². The van der Waals surface area contributed by atoms with E-state index in [-0.39, 0.29) is 11.7 Å². The minimum absolute atomic E-state index is 0.0741. The molecule has 102 valence electrons. The molecule has 3 heteroatoms. The molecule has 0 N–H and O–H groups in total. The molecule has 0 radical (unpaired) electrons. The fraction of sp³-hybridized carbons (Fsp3) is 0.500. The first-order valence-corrected chi connectivity index (χ1v) is 6.96. The molecule has 0 aliphatic carbocycles. The maximum Gasteiger partial charge on any atom is 0.223 e. The highest BCUT2D eigenvalue weighted by Gasteiger charge is 2.19. The fourth-order valence-electron chi connectivity index (χ4n) is 2.61. The summed E-state index contributed by atoms with van der Waals surface area (Å²) < 4.78 is 0. The largest absolute Gasteiger partial charge is 0.343 e. The van der Waals surface area contributed by atoms with E-state index in [1.165, 1.54) is 0 Å². The number of carbonyl (C=O) groups excluding carboxylic acids is 2. The van der Waals surface area contributed by atoms with Gasteiger partial charge in [-0.1, -0.05) is 23.8 Å². The third kappa shape index (κ3) is 3.43. The van der Waals surface area contributed by atoms with Crippen LogP contribution in [0.2, 0.25) is 0 Å².